The topological polar surface area (TPSA) is 103 Å². The fraction of sp³-hybridized carbons (Fsp3) is 0.276. The Morgan fingerprint density at radius 3 is 1.32 bits per heavy atom. The molecule has 69 heavy (non-hydrogen) atoms. The van der Waals surface area contributed by atoms with E-state index < -0.39 is 35.5 Å². The van der Waals surface area contributed by atoms with E-state index in [1.54, 1.807) is 27.4 Å². The van der Waals surface area contributed by atoms with Crippen LogP contribution in [0.5, 0.6) is 17.2 Å². The lowest BCUT2D eigenvalue weighted by Crippen LogP contribution is -2.72. The molecule has 10 nitrogen and oxygen atoms in total. The molecule has 0 spiro atoms. The molecule has 358 valence electrons. The Morgan fingerprint density at radius 1 is 0.464 bits per heavy atom. The lowest BCUT2D eigenvalue weighted by molar-refractivity contribution is -0.414. The summed E-state index contributed by atoms with van der Waals surface area (Å²) in [5.41, 5.74) is 4.19. The van der Waals surface area contributed by atoms with Crippen LogP contribution >= 0.6 is 0 Å². The standard InChI is InChI=1S/C58H59FO10/c1-61-50-26-19-42(20-27-50)33-48-34-49(25-32-53(48)59)58(60)56(68-39-45-17-11-6-12-18-45)54(66-37-43-13-7-4-8-14-43)55(67-38-44-15-9-5-10-16-44)57(69-58,40-64-35-46-21-28-51(62-2)29-22-46)41-65-36-47-23-30-52(63-3)31-24-47/h4-32,34,54-56,60H,33,35-41H2,1-3H3/t54-,55-,56?,58?/m0/s1. The van der Waals surface area contributed by atoms with Crippen molar-refractivity contribution in [2.75, 3.05) is 34.5 Å². The van der Waals surface area contributed by atoms with Crippen LogP contribution in [0, 0.1) is 5.82 Å². The van der Waals surface area contributed by atoms with Crippen LogP contribution in [-0.2, 0) is 73.7 Å². The molecule has 4 atom stereocenters. The van der Waals surface area contributed by atoms with E-state index >= 15 is 4.39 Å². The first-order valence-corrected chi connectivity index (χ1v) is 23.0. The van der Waals surface area contributed by atoms with Gasteiger partial charge in [0.2, 0.25) is 5.79 Å². The van der Waals surface area contributed by atoms with Gasteiger partial charge in [-0.2, -0.15) is 0 Å². The lowest BCUT2D eigenvalue weighted by atomic mass is 9.80. The quantitative estimate of drug-likeness (QED) is 0.0667. The molecule has 1 aliphatic heterocycles. The molecule has 7 aromatic carbocycles. The third-order valence-electron chi connectivity index (χ3n) is 12.3. The number of benzene rings is 7. The average Bonchev–Trinajstić information content (AvgIpc) is 3.39. The molecule has 11 heteroatoms. The highest BCUT2D eigenvalue weighted by molar-refractivity contribution is 5.37. The van der Waals surface area contributed by atoms with Crippen LogP contribution in [0.4, 0.5) is 4.39 Å². The fourth-order valence-electron chi connectivity index (χ4n) is 8.53. The molecule has 0 radical (unpaired) electrons. The molecule has 1 N–H and O–H groups in total. The van der Waals surface area contributed by atoms with Gasteiger partial charge in [0.05, 0.1) is 67.6 Å². The van der Waals surface area contributed by atoms with Crippen LogP contribution in [0.3, 0.4) is 0 Å². The monoisotopic (exact) mass is 934 g/mol. The fourth-order valence-corrected chi connectivity index (χ4v) is 8.53. The predicted molar refractivity (Wildman–Crippen MR) is 260 cm³/mol. The van der Waals surface area contributed by atoms with Gasteiger partial charge in [-0.25, -0.2) is 4.39 Å². The number of ether oxygens (including phenoxy) is 9. The lowest BCUT2D eigenvalue weighted by Gasteiger charge is -2.55. The maximum absolute atomic E-state index is 16.1. The number of halogens is 1. The zero-order chi connectivity index (χ0) is 47.9. The summed E-state index contributed by atoms with van der Waals surface area (Å²) in [6.45, 7) is 0.403. The molecule has 2 unspecified atom stereocenters. The van der Waals surface area contributed by atoms with Gasteiger partial charge in [-0.3, -0.25) is 0 Å². The second-order valence-corrected chi connectivity index (χ2v) is 17.1. The molecule has 0 aromatic heterocycles. The van der Waals surface area contributed by atoms with Crippen molar-refractivity contribution >= 4 is 0 Å². The Kier molecular flexibility index (Phi) is 16.9. The maximum atomic E-state index is 16.1. The average molecular weight is 935 g/mol. The van der Waals surface area contributed by atoms with Crippen molar-refractivity contribution < 1.29 is 52.1 Å². The molecule has 0 saturated carbocycles. The predicted octanol–water partition coefficient (Wildman–Crippen LogP) is 10.5. The van der Waals surface area contributed by atoms with E-state index in [9.17, 15) is 5.11 Å². The number of rotatable bonds is 23. The second kappa shape index (κ2) is 23.7. The van der Waals surface area contributed by atoms with Gasteiger partial charge >= 0.3 is 0 Å². The van der Waals surface area contributed by atoms with E-state index in [0.717, 1.165) is 33.4 Å². The van der Waals surface area contributed by atoms with Gasteiger partial charge < -0.3 is 47.7 Å². The molecule has 8 rings (SSSR count). The van der Waals surface area contributed by atoms with Crippen molar-refractivity contribution in [3.8, 4) is 17.2 Å². The molecule has 1 heterocycles. The van der Waals surface area contributed by atoms with Crippen molar-refractivity contribution in [1.29, 1.82) is 0 Å². The Morgan fingerprint density at radius 2 is 0.870 bits per heavy atom. The number of hydrogen-bond donors (Lipinski definition) is 1. The van der Waals surface area contributed by atoms with Crippen molar-refractivity contribution in [3.05, 3.63) is 232 Å². The zero-order valence-corrected chi connectivity index (χ0v) is 39.2. The summed E-state index contributed by atoms with van der Waals surface area (Å²) < 4.78 is 74.1. The summed E-state index contributed by atoms with van der Waals surface area (Å²) in [7, 11) is 4.84. The highest BCUT2D eigenvalue weighted by Gasteiger charge is 2.64. The number of aliphatic hydroxyl groups is 1. The first-order valence-electron chi connectivity index (χ1n) is 23.0. The summed E-state index contributed by atoms with van der Waals surface area (Å²) in [6, 6.07) is 56.4. The van der Waals surface area contributed by atoms with Crippen molar-refractivity contribution in [2.45, 2.75) is 69.2 Å². The Balaban J connectivity index is 1.27. The van der Waals surface area contributed by atoms with Crippen molar-refractivity contribution in [2.24, 2.45) is 0 Å². The molecule has 0 bridgehead atoms. The smallest absolute Gasteiger partial charge is 0.223 e. The Labute approximate surface area is 404 Å². The van der Waals surface area contributed by atoms with Crippen molar-refractivity contribution in [3.63, 3.8) is 0 Å². The van der Waals surface area contributed by atoms with E-state index in [-0.39, 0.29) is 58.2 Å². The molecule has 7 aromatic rings. The van der Waals surface area contributed by atoms with Crippen LogP contribution in [0.1, 0.15) is 44.5 Å². The zero-order valence-electron chi connectivity index (χ0n) is 39.2. The first kappa shape index (κ1) is 49.0. The molecule has 1 aliphatic rings. The van der Waals surface area contributed by atoms with Crippen LogP contribution in [0.2, 0.25) is 0 Å². The van der Waals surface area contributed by atoms with Crippen LogP contribution in [-0.4, -0.2) is 63.6 Å². The van der Waals surface area contributed by atoms with E-state index in [2.05, 4.69) is 0 Å². The third kappa shape index (κ3) is 12.6. The Hall–Kier alpha value is -6.41. The molecular weight excluding hydrogens is 876 g/mol. The minimum absolute atomic E-state index is 0.0720. The molecule has 1 saturated heterocycles. The van der Waals surface area contributed by atoms with Gasteiger partial charge in [0, 0.05) is 12.0 Å². The highest BCUT2D eigenvalue weighted by Crippen LogP contribution is 2.47. The molecule has 0 amide bonds. The molecule has 1 fully saturated rings. The van der Waals surface area contributed by atoms with Gasteiger partial charge in [-0.1, -0.05) is 133 Å². The van der Waals surface area contributed by atoms with E-state index in [1.807, 2.05) is 164 Å². The second-order valence-electron chi connectivity index (χ2n) is 17.1. The van der Waals surface area contributed by atoms with E-state index in [0.29, 0.717) is 22.8 Å². The minimum atomic E-state index is -2.32. The Bertz CT molecular complexity index is 2560. The number of methoxy groups -OCH3 is 3. The van der Waals surface area contributed by atoms with Crippen LogP contribution in [0.25, 0.3) is 0 Å². The van der Waals surface area contributed by atoms with Gasteiger partial charge in [0.15, 0.2) is 0 Å². The summed E-state index contributed by atoms with van der Waals surface area (Å²) in [5, 5.41) is 13.8. The van der Waals surface area contributed by atoms with Crippen LogP contribution in [0.15, 0.2) is 182 Å². The SMILES string of the molecule is COc1ccc(COCC2(COCc3ccc(OC)cc3)OC(O)(c3ccc(F)c(Cc4ccc(OC)cc4)c3)C(OCc3ccccc3)[C@@H](OCc3ccccc3)[C@@H]2OCc2ccccc2)cc1. The summed E-state index contributed by atoms with van der Waals surface area (Å²) in [5.74, 6) is -0.668. The maximum Gasteiger partial charge on any atom is 0.223 e. The first-order chi connectivity index (χ1) is 33.8. The summed E-state index contributed by atoms with van der Waals surface area (Å²) >= 11 is 0. The summed E-state index contributed by atoms with van der Waals surface area (Å²) in [6.07, 6.45) is -3.11. The minimum Gasteiger partial charge on any atom is -0.497 e. The number of hydrogen-bond acceptors (Lipinski definition) is 10. The largest absolute Gasteiger partial charge is 0.497 e. The molecular formula is C58H59FO10. The summed E-state index contributed by atoms with van der Waals surface area (Å²) in [4.78, 5) is 0. The van der Waals surface area contributed by atoms with E-state index in [1.165, 1.54) is 12.1 Å². The van der Waals surface area contributed by atoms with Gasteiger partial charge in [0.1, 0.15) is 47.0 Å². The van der Waals surface area contributed by atoms with E-state index in [4.69, 9.17) is 42.6 Å². The highest BCUT2D eigenvalue weighted by atomic mass is 19.1. The third-order valence-corrected chi connectivity index (χ3v) is 12.3. The van der Waals surface area contributed by atoms with Gasteiger partial charge in [-0.15, -0.1) is 0 Å². The normalized spacial score (nSPS) is 18.7. The van der Waals surface area contributed by atoms with Gasteiger partial charge in [0.25, 0.3) is 0 Å². The van der Waals surface area contributed by atoms with Gasteiger partial charge in [-0.05, 0) is 87.5 Å². The molecule has 0 aliphatic carbocycles. The van der Waals surface area contributed by atoms with Crippen LogP contribution < -0.4 is 14.2 Å². The van der Waals surface area contributed by atoms with Crippen molar-refractivity contribution in [1.82, 2.24) is 0 Å².